The maximum Gasteiger partial charge on any atom is 0.269 e. The fourth-order valence-corrected chi connectivity index (χ4v) is 3.00. The summed E-state index contributed by atoms with van der Waals surface area (Å²) >= 11 is 0. The average Bonchev–Trinajstić information content (AvgIpc) is 3.37. The predicted molar refractivity (Wildman–Crippen MR) is 105 cm³/mol. The number of aromatic nitrogens is 5. The third-order valence-electron chi connectivity index (χ3n) is 4.72. The Labute approximate surface area is 161 Å². The van der Waals surface area contributed by atoms with Crippen molar-refractivity contribution in [2.24, 2.45) is 5.92 Å². The Balaban J connectivity index is 1.50. The van der Waals surface area contributed by atoms with Crippen molar-refractivity contribution in [1.82, 2.24) is 24.4 Å². The zero-order valence-electron chi connectivity index (χ0n) is 15.9. The Morgan fingerprint density at radius 1 is 1.32 bits per heavy atom. The minimum Gasteiger partial charge on any atom is -0.383 e. The normalized spacial score (nSPS) is 13.8. The van der Waals surface area contributed by atoms with Gasteiger partial charge in [-0.15, -0.1) is 10.2 Å². The van der Waals surface area contributed by atoms with E-state index >= 15 is 0 Å². The second-order valence-electron chi connectivity index (χ2n) is 7.48. The first-order chi connectivity index (χ1) is 13.5. The van der Waals surface area contributed by atoms with Crippen LogP contribution in [0.25, 0.3) is 5.65 Å². The van der Waals surface area contributed by atoms with Gasteiger partial charge in [0.1, 0.15) is 12.9 Å². The van der Waals surface area contributed by atoms with Crippen molar-refractivity contribution in [1.29, 1.82) is 0 Å². The summed E-state index contributed by atoms with van der Waals surface area (Å²) in [7, 11) is 0. The minimum absolute atomic E-state index is 0.132. The summed E-state index contributed by atoms with van der Waals surface area (Å²) in [5.74, 6) is 0.499. The van der Waals surface area contributed by atoms with Gasteiger partial charge in [0.05, 0.1) is 17.1 Å². The molecular weight excluding hydrogens is 358 g/mol. The molecule has 9 nitrogen and oxygen atoms in total. The van der Waals surface area contributed by atoms with Gasteiger partial charge in [-0.05, 0) is 36.8 Å². The van der Waals surface area contributed by atoms with Crippen LogP contribution in [0.3, 0.4) is 0 Å². The molecule has 1 aliphatic carbocycles. The first kappa shape index (κ1) is 18.1. The number of hydrogen-bond donors (Lipinski definition) is 2. The molecule has 3 heterocycles. The Bertz CT molecular complexity index is 1070. The monoisotopic (exact) mass is 381 g/mol. The molecule has 0 saturated heterocycles. The van der Waals surface area contributed by atoms with Gasteiger partial charge in [-0.25, -0.2) is 4.68 Å². The number of carbonyl (C=O) groups excluding carboxylic acids is 1. The van der Waals surface area contributed by atoms with Crippen LogP contribution in [0.2, 0.25) is 0 Å². The van der Waals surface area contributed by atoms with Gasteiger partial charge in [-0.3, -0.25) is 14.0 Å². The van der Waals surface area contributed by atoms with Crippen molar-refractivity contribution in [2.45, 2.75) is 39.2 Å². The highest BCUT2D eigenvalue weighted by molar-refractivity contribution is 5.90. The first-order valence-corrected chi connectivity index (χ1v) is 9.45. The van der Waals surface area contributed by atoms with Crippen LogP contribution in [0.5, 0.6) is 0 Å². The van der Waals surface area contributed by atoms with Crippen LogP contribution < -0.4 is 16.2 Å². The van der Waals surface area contributed by atoms with E-state index in [4.69, 9.17) is 0 Å². The molecule has 3 aromatic rings. The summed E-state index contributed by atoms with van der Waals surface area (Å²) in [6.07, 6.45) is 5.73. The number of amides is 1. The van der Waals surface area contributed by atoms with E-state index in [-0.39, 0.29) is 23.9 Å². The van der Waals surface area contributed by atoms with E-state index in [9.17, 15) is 9.59 Å². The van der Waals surface area contributed by atoms with E-state index in [2.05, 4.69) is 25.9 Å². The van der Waals surface area contributed by atoms with Crippen LogP contribution in [-0.4, -0.2) is 36.8 Å². The Morgan fingerprint density at radius 3 is 2.89 bits per heavy atom. The number of hydrogen-bond acceptors (Lipinski definition) is 6. The molecule has 1 saturated carbocycles. The van der Waals surface area contributed by atoms with E-state index in [1.807, 2.05) is 13.8 Å². The molecule has 0 radical (unpaired) electrons. The molecule has 1 aliphatic rings. The highest BCUT2D eigenvalue weighted by Gasteiger charge is 2.22. The topological polar surface area (TPSA) is 106 Å². The van der Waals surface area contributed by atoms with Crippen molar-refractivity contribution >= 4 is 22.9 Å². The second kappa shape index (κ2) is 7.41. The number of pyridine rings is 1. The predicted octanol–water partition coefficient (Wildman–Crippen LogP) is 1.87. The highest BCUT2D eigenvalue weighted by atomic mass is 16.2. The van der Waals surface area contributed by atoms with Crippen LogP contribution in [0.4, 0.5) is 11.4 Å². The molecule has 0 bridgehead atoms. The van der Waals surface area contributed by atoms with Crippen LogP contribution >= 0.6 is 0 Å². The summed E-state index contributed by atoms with van der Waals surface area (Å²) < 4.78 is 2.92. The van der Waals surface area contributed by atoms with E-state index in [0.29, 0.717) is 17.3 Å². The van der Waals surface area contributed by atoms with Gasteiger partial charge in [0.15, 0.2) is 5.65 Å². The molecule has 28 heavy (non-hydrogen) atoms. The summed E-state index contributed by atoms with van der Waals surface area (Å²) in [6, 6.07) is 5.04. The molecule has 146 valence electrons. The number of carbonyl (C=O) groups is 1. The molecule has 2 N–H and O–H groups in total. The van der Waals surface area contributed by atoms with Crippen LogP contribution in [0.15, 0.2) is 35.5 Å². The highest BCUT2D eigenvalue weighted by Crippen LogP contribution is 2.29. The molecule has 0 aromatic carbocycles. The van der Waals surface area contributed by atoms with Crippen LogP contribution in [-0.2, 0) is 11.3 Å². The smallest absolute Gasteiger partial charge is 0.269 e. The fraction of sp³-hybridized carbons (Fsp3) is 0.421. The maximum atomic E-state index is 12.5. The van der Waals surface area contributed by atoms with Crippen LogP contribution in [0.1, 0.15) is 38.3 Å². The summed E-state index contributed by atoms with van der Waals surface area (Å²) in [4.78, 5) is 24.9. The number of rotatable bonds is 7. The lowest BCUT2D eigenvalue weighted by molar-refractivity contribution is -0.117. The van der Waals surface area contributed by atoms with E-state index in [0.717, 1.165) is 17.9 Å². The molecule has 0 unspecified atom stereocenters. The molecule has 4 rings (SSSR count). The molecule has 3 aromatic heterocycles. The van der Waals surface area contributed by atoms with Crippen molar-refractivity contribution in [3.05, 3.63) is 46.8 Å². The van der Waals surface area contributed by atoms with Gasteiger partial charge < -0.3 is 10.6 Å². The Kier molecular flexibility index (Phi) is 4.81. The summed E-state index contributed by atoms with van der Waals surface area (Å²) in [5, 5.41) is 18.3. The number of anilines is 2. The van der Waals surface area contributed by atoms with Crippen molar-refractivity contribution in [2.75, 3.05) is 17.2 Å². The largest absolute Gasteiger partial charge is 0.383 e. The van der Waals surface area contributed by atoms with Crippen LogP contribution in [0, 0.1) is 5.92 Å². The van der Waals surface area contributed by atoms with Gasteiger partial charge in [0.2, 0.25) is 5.91 Å². The first-order valence-electron chi connectivity index (χ1n) is 9.45. The van der Waals surface area contributed by atoms with E-state index < -0.39 is 0 Å². The SMILES string of the molecule is CC(C)c1nn(CC(=O)Nc2ccc3nncn3c2)c(=O)cc1NCC1CC1. The lowest BCUT2D eigenvalue weighted by atomic mass is 10.1. The molecular formula is C19H23N7O2. The quantitative estimate of drug-likeness (QED) is 0.647. The van der Waals surface area contributed by atoms with E-state index in [1.54, 1.807) is 35.1 Å². The lowest BCUT2D eigenvalue weighted by Crippen LogP contribution is -2.31. The number of nitrogens with one attached hydrogen (secondary N) is 2. The molecule has 0 aliphatic heterocycles. The fourth-order valence-electron chi connectivity index (χ4n) is 3.00. The van der Waals surface area contributed by atoms with Crippen molar-refractivity contribution in [3.8, 4) is 0 Å². The van der Waals surface area contributed by atoms with Gasteiger partial charge >= 0.3 is 0 Å². The second-order valence-corrected chi connectivity index (χ2v) is 7.48. The van der Waals surface area contributed by atoms with E-state index in [1.165, 1.54) is 17.5 Å². The lowest BCUT2D eigenvalue weighted by Gasteiger charge is -2.15. The molecule has 9 heteroatoms. The molecule has 0 atom stereocenters. The number of fused-ring (bicyclic) bond motifs is 1. The van der Waals surface area contributed by atoms with Crippen molar-refractivity contribution in [3.63, 3.8) is 0 Å². The number of nitrogens with zero attached hydrogens (tertiary/aromatic N) is 5. The zero-order chi connectivity index (χ0) is 19.7. The third-order valence-corrected chi connectivity index (χ3v) is 4.72. The Hall–Kier alpha value is -3.23. The zero-order valence-corrected chi connectivity index (χ0v) is 15.9. The Morgan fingerprint density at radius 2 is 2.14 bits per heavy atom. The maximum absolute atomic E-state index is 12.5. The van der Waals surface area contributed by atoms with Gasteiger partial charge in [0, 0.05) is 18.8 Å². The molecule has 1 amide bonds. The van der Waals surface area contributed by atoms with Crippen molar-refractivity contribution < 1.29 is 4.79 Å². The minimum atomic E-state index is -0.324. The summed E-state index contributed by atoms with van der Waals surface area (Å²) in [5.41, 5.74) is 2.54. The summed E-state index contributed by atoms with van der Waals surface area (Å²) in [6.45, 7) is 4.75. The van der Waals surface area contributed by atoms with Gasteiger partial charge in [-0.2, -0.15) is 5.10 Å². The standard InChI is InChI=1S/C19H23N7O2/c1-12(2)19-15(20-8-13-3-4-13)7-18(28)26(24-19)10-17(27)22-14-5-6-16-23-21-11-25(16)9-14/h5-7,9,11-13,20H,3-4,8,10H2,1-2H3,(H,22,27). The molecule has 0 spiro atoms. The van der Waals surface area contributed by atoms with Gasteiger partial charge in [0.25, 0.3) is 5.56 Å². The average molecular weight is 381 g/mol. The third kappa shape index (κ3) is 4.03. The van der Waals surface area contributed by atoms with Gasteiger partial charge in [-0.1, -0.05) is 13.8 Å². The molecule has 1 fully saturated rings.